The van der Waals surface area contributed by atoms with E-state index in [0.717, 1.165) is 43.0 Å². The van der Waals surface area contributed by atoms with Gasteiger partial charge >= 0.3 is 0 Å². The number of ether oxygens (including phenoxy) is 1. The van der Waals surface area contributed by atoms with Gasteiger partial charge in [0.05, 0.1) is 18.0 Å². The third-order valence-corrected chi connectivity index (χ3v) is 4.38. The van der Waals surface area contributed by atoms with Gasteiger partial charge in [-0.25, -0.2) is 0 Å². The number of piperidine rings is 1. The highest BCUT2D eigenvalue weighted by Crippen LogP contribution is 2.26. The molecule has 1 N–H and O–H groups in total. The van der Waals surface area contributed by atoms with Crippen molar-refractivity contribution >= 4 is 17.2 Å². The summed E-state index contributed by atoms with van der Waals surface area (Å²) < 4.78 is 6.77. The number of aryl methyl sites for hydroxylation is 1. The Kier molecular flexibility index (Phi) is 4.94. The van der Waals surface area contributed by atoms with Crippen LogP contribution in [-0.2, 0) is 9.53 Å². The van der Waals surface area contributed by atoms with Gasteiger partial charge in [-0.05, 0) is 32.8 Å². The first-order valence-electron chi connectivity index (χ1n) is 8.30. The maximum atomic E-state index is 12.3. The Morgan fingerprint density at radius 3 is 2.92 bits per heavy atom. The maximum absolute atomic E-state index is 12.3. The minimum atomic E-state index is 0.0407. The van der Waals surface area contributed by atoms with Crippen LogP contribution in [0.5, 0.6) is 0 Å². The zero-order valence-corrected chi connectivity index (χ0v) is 14.4. The standard InChI is InChI=1S/C16H24N6O2/c1-11-8-14(15-19-17-10-22(15)20-11)21-6-4-13(5-7-21)16(23)18-12(2)9-24-3/h8,10,12-13H,4-7,9H2,1-3H3,(H,18,23). The Morgan fingerprint density at radius 1 is 1.46 bits per heavy atom. The molecule has 130 valence electrons. The van der Waals surface area contributed by atoms with Crippen LogP contribution in [0.3, 0.4) is 0 Å². The molecule has 0 aromatic carbocycles. The molecule has 1 amide bonds. The third kappa shape index (κ3) is 3.48. The Hall–Kier alpha value is -2.22. The average molecular weight is 332 g/mol. The molecule has 2 aromatic heterocycles. The van der Waals surface area contributed by atoms with Crippen LogP contribution in [0.15, 0.2) is 12.4 Å². The zero-order valence-electron chi connectivity index (χ0n) is 14.4. The minimum Gasteiger partial charge on any atom is -0.383 e. The summed E-state index contributed by atoms with van der Waals surface area (Å²) in [5.74, 6) is 0.176. The number of fused-ring (bicyclic) bond motifs is 1. The summed E-state index contributed by atoms with van der Waals surface area (Å²) in [5.41, 5.74) is 2.72. The topological polar surface area (TPSA) is 84.7 Å². The SMILES string of the molecule is COCC(C)NC(=O)C1CCN(c2cc(C)nn3cnnc23)CC1. The van der Waals surface area contributed by atoms with Gasteiger partial charge in [-0.15, -0.1) is 10.2 Å². The fraction of sp³-hybridized carbons (Fsp3) is 0.625. The van der Waals surface area contributed by atoms with Gasteiger partial charge in [-0.3, -0.25) is 4.79 Å². The summed E-state index contributed by atoms with van der Waals surface area (Å²) in [4.78, 5) is 14.6. The molecule has 8 heteroatoms. The number of methoxy groups -OCH3 is 1. The molecule has 0 radical (unpaired) electrons. The van der Waals surface area contributed by atoms with Crippen molar-refractivity contribution in [1.29, 1.82) is 0 Å². The Balaban J connectivity index is 1.64. The van der Waals surface area contributed by atoms with E-state index < -0.39 is 0 Å². The van der Waals surface area contributed by atoms with Gasteiger partial charge in [0.25, 0.3) is 0 Å². The molecule has 0 bridgehead atoms. The van der Waals surface area contributed by atoms with Gasteiger partial charge in [-0.1, -0.05) is 0 Å². The highest BCUT2D eigenvalue weighted by atomic mass is 16.5. The molecule has 0 aliphatic carbocycles. The summed E-state index contributed by atoms with van der Waals surface area (Å²) in [7, 11) is 1.64. The quantitative estimate of drug-likeness (QED) is 0.872. The summed E-state index contributed by atoms with van der Waals surface area (Å²) in [6, 6.07) is 2.07. The number of anilines is 1. The summed E-state index contributed by atoms with van der Waals surface area (Å²) in [6.45, 7) is 6.09. The van der Waals surface area contributed by atoms with Crippen molar-refractivity contribution in [3.8, 4) is 0 Å². The Bertz CT molecular complexity index is 708. The molecule has 1 aliphatic heterocycles. The molecule has 0 saturated carbocycles. The highest BCUT2D eigenvalue weighted by Gasteiger charge is 2.27. The molecule has 1 fully saturated rings. The first kappa shape index (κ1) is 16.6. The van der Waals surface area contributed by atoms with Gasteiger partial charge in [0.1, 0.15) is 6.33 Å². The van der Waals surface area contributed by atoms with Crippen molar-refractivity contribution < 1.29 is 9.53 Å². The minimum absolute atomic E-state index is 0.0407. The molecule has 1 unspecified atom stereocenters. The highest BCUT2D eigenvalue weighted by molar-refractivity contribution is 5.79. The van der Waals surface area contributed by atoms with Crippen LogP contribution in [0.1, 0.15) is 25.5 Å². The lowest BCUT2D eigenvalue weighted by Crippen LogP contribution is -2.44. The van der Waals surface area contributed by atoms with Crippen LogP contribution in [-0.4, -0.2) is 58.6 Å². The maximum Gasteiger partial charge on any atom is 0.223 e. The van der Waals surface area contributed by atoms with E-state index in [1.807, 2.05) is 19.9 Å². The van der Waals surface area contributed by atoms with Crippen molar-refractivity contribution in [2.24, 2.45) is 5.92 Å². The van der Waals surface area contributed by atoms with Crippen molar-refractivity contribution in [3.05, 3.63) is 18.1 Å². The van der Waals surface area contributed by atoms with E-state index in [9.17, 15) is 4.79 Å². The second-order valence-electron chi connectivity index (χ2n) is 6.40. The Morgan fingerprint density at radius 2 is 2.21 bits per heavy atom. The normalized spacial score (nSPS) is 17.2. The van der Waals surface area contributed by atoms with Gasteiger partial charge < -0.3 is 15.0 Å². The fourth-order valence-electron chi connectivity index (χ4n) is 3.20. The number of nitrogens with zero attached hydrogens (tertiary/aromatic N) is 5. The van der Waals surface area contributed by atoms with Gasteiger partial charge in [0, 0.05) is 32.2 Å². The second-order valence-corrected chi connectivity index (χ2v) is 6.40. The van der Waals surface area contributed by atoms with E-state index in [1.165, 1.54) is 0 Å². The monoisotopic (exact) mass is 332 g/mol. The number of aromatic nitrogens is 4. The van der Waals surface area contributed by atoms with Gasteiger partial charge in [-0.2, -0.15) is 9.61 Å². The molecular weight excluding hydrogens is 308 g/mol. The first-order valence-corrected chi connectivity index (χ1v) is 8.30. The summed E-state index contributed by atoms with van der Waals surface area (Å²) in [6.07, 6.45) is 3.27. The lowest BCUT2D eigenvalue weighted by Gasteiger charge is -2.33. The van der Waals surface area contributed by atoms with Crippen molar-refractivity contribution in [3.63, 3.8) is 0 Å². The predicted molar refractivity (Wildman–Crippen MR) is 89.9 cm³/mol. The van der Waals surface area contributed by atoms with Crippen LogP contribution >= 0.6 is 0 Å². The summed E-state index contributed by atoms with van der Waals surface area (Å²) >= 11 is 0. The third-order valence-electron chi connectivity index (χ3n) is 4.38. The average Bonchev–Trinajstić information content (AvgIpc) is 3.02. The fourth-order valence-corrected chi connectivity index (χ4v) is 3.20. The van der Waals surface area contributed by atoms with E-state index in [2.05, 4.69) is 25.5 Å². The van der Waals surface area contributed by atoms with Crippen molar-refractivity contribution in [2.75, 3.05) is 31.7 Å². The largest absolute Gasteiger partial charge is 0.383 e. The number of rotatable bonds is 5. The van der Waals surface area contributed by atoms with E-state index >= 15 is 0 Å². The smallest absolute Gasteiger partial charge is 0.223 e. The van der Waals surface area contributed by atoms with Crippen molar-refractivity contribution in [1.82, 2.24) is 25.1 Å². The molecule has 3 rings (SSSR count). The molecule has 24 heavy (non-hydrogen) atoms. The zero-order chi connectivity index (χ0) is 17.1. The molecule has 3 heterocycles. The van der Waals surface area contributed by atoms with Crippen LogP contribution in [0.25, 0.3) is 5.65 Å². The number of nitrogens with one attached hydrogen (secondary N) is 1. The molecule has 1 atom stereocenters. The number of hydrogen-bond acceptors (Lipinski definition) is 6. The number of amides is 1. The Labute approximate surface area is 141 Å². The lowest BCUT2D eigenvalue weighted by molar-refractivity contribution is -0.126. The first-order chi connectivity index (χ1) is 11.6. The second kappa shape index (κ2) is 7.12. The van der Waals surface area contributed by atoms with Crippen LogP contribution in [0, 0.1) is 12.8 Å². The van der Waals surface area contributed by atoms with E-state index in [0.29, 0.717) is 6.61 Å². The number of carbonyl (C=O) groups is 1. The van der Waals surface area contributed by atoms with Crippen LogP contribution < -0.4 is 10.2 Å². The van der Waals surface area contributed by atoms with E-state index in [4.69, 9.17) is 4.74 Å². The molecule has 8 nitrogen and oxygen atoms in total. The van der Waals surface area contributed by atoms with Crippen LogP contribution in [0.2, 0.25) is 0 Å². The van der Waals surface area contributed by atoms with Gasteiger partial charge in [0.2, 0.25) is 11.6 Å². The molecule has 1 aliphatic rings. The summed E-state index contributed by atoms with van der Waals surface area (Å²) in [5, 5.41) is 15.5. The lowest BCUT2D eigenvalue weighted by atomic mass is 9.95. The van der Waals surface area contributed by atoms with E-state index in [1.54, 1.807) is 18.0 Å². The molecular formula is C16H24N6O2. The molecule has 2 aromatic rings. The van der Waals surface area contributed by atoms with Gasteiger partial charge in [0.15, 0.2) is 0 Å². The number of hydrogen-bond donors (Lipinski definition) is 1. The van der Waals surface area contributed by atoms with E-state index in [-0.39, 0.29) is 17.9 Å². The predicted octanol–water partition coefficient (Wildman–Crippen LogP) is 0.800. The molecule has 1 saturated heterocycles. The number of carbonyl (C=O) groups excluding carboxylic acids is 1. The van der Waals surface area contributed by atoms with Crippen LogP contribution in [0.4, 0.5) is 5.69 Å². The molecule has 0 spiro atoms. The van der Waals surface area contributed by atoms with Crippen molar-refractivity contribution in [2.45, 2.75) is 32.7 Å².